The molecule has 0 radical (unpaired) electrons. The molecule has 0 fully saturated rings. The third-order valence-electron chi connectivity index (χ3n) is 5.37. The van der Waals surface area contributed by atoms with Crippen LogP contribution in [0.4, 0.5) is 10.1 Å². The first-order valence-electron chi connectivity index (χ1n) is 10.4. The summed E-state index contributed by atoms with van der Waals surface area (Å²) in [5, 5.41) is 11.9. The van der Waals surface area contributed by atoms with Crippen molar-refractivity contribution in [2.45, 2.75) is 16.4 Å². The number of anilines is 1. The molecule has 1 aromatic heterocycles. The zero-order valence-electron chi connectivity index (χ0n) is 17.9. The zero-order valence-corrected chi connectivity index (χ0v) is 19.5. The van der Waals surface area contributed by atoms with Gasteiger partial charge in [0.05, 0.1) is 18.2 Å². The lowest BCUT2D eigenvalue weighted by atomic mass is 10.0. The molecule has 0 saturated heterocycles. The number of benzene rings is 3. The molecular formula is C24H19ClFN5O2S. The summed E-state index contributed by atoms with van der Waals surface area (Å²) in [6.45, 7) is 0. The van der Waals surface area contributed by atoms with Crippen molar-refractivity contribution in [2.75, 3.05) is 17.9 Å². The second-order valence-corrected chi connectivity index (χ2v) is 9.06. The minimum Gasteiger partial charge on any atom is -0.495 e. The molecule has 1 aliphatic rings. The number of fused-ring (bicyclic) bond motifs is 1. The average Bonchev–Trinajstić information content (AvgIpc) is 3.28. The van der Waals surface area contributed by atoms with Gasteiger partial charge in [0.15, 0.2) is 5.82 Å². The Balaban J connectivity index is 1.52. The fraction of sp³-hybridized carbons (Fsp3) is 0.125. The van der Waals surface area contributed by atoms with Crippen LogP contribution in [-0.2, 0) is 4.79 Å². The number of thioether (sulfide) groups is 1. The van der Waals surface area contributed by atoms with E-state index >= 15 is 0 Å². The van der Waals surface area contributed by atoms with E-state index < -0.39 is 11.3 Å². The highest BCUT2D eigenvalue weighted by molar-refractivity contribution is 8.00. The third kappa shape index (κ3) is 4.32. The van der Waals surface area contributed by atoms with E-state index in [0.29, 0.717) is 27.4 Å². The van der Waals surface area contributed by atoms with Crippen molar-refractivity contribution in [3.05, 3.63) is 89.2 Å². The molecule has 0 aliphatic carbocycles. The van der Waals surface area contributed by atoms with Gasteiger partial charge >= 0.3 is 0 Å². The van der Waals surface area contributed by atoms with E-state index in [9.17, 15) is 9.18 Å². The third-order valence-corrected chi connectivity index (χ3v) is 6.88. The number of hydrogen-bond donors (Lipinski definition) is 2. The summed E-state index contributed by atoms with van der Waals surface area (Å²) in [4.78, 5) is 13.3. The van der Waals surface area contributed by atoms with Gasteiger partial charge in [0.25, 0.3) is 0 Å². The number of aromatic nitrogens is 3. The van der Waals surface area contributed by atoms with Gasteiger partial charge in [-0.3, -0.25) is 4.79 Å². The maximum Gasteiger partial charge on any atom is 0.240 e. The quantitative estimate of drug-likeness (QED) is 0.399. The van der Waals surface area contributed by atoms with E-state index in [2.05, 4.69) is 20.9 Å². The van der Waals surface area contributed by atoms with Crippen molar-refractivity contribution in [3.63, 3.8) is 0 Å². The van der Waals surface area contributed by atoms with E-state index in [0.717, 1.165) is 11.1 Å². The second-order valence-electron chi connectivity index (χ2n) is 7.54. The summed E-state index contributed by atoms with van der Waals surface area (Å²) in [5.41, 5.74) is 5.57. The molecule has 0 spiro atoms. The first-order chi connectivity index (χ1) is 16.5. The maximum atomic E-state index is 13.3. The van der Waals surface area contributed by atoms with Crippen molar-refractivity contribution in [1.82, 2.24) is 14.9 Å². The summed E-state index contributed by atoms with van der Waals surface area (Å²) in [6.07, 6.45) is 0. The van der Waals surface area contributed by atoms with Crippen LogP contribution in [0.2, 0.25) is 5.02 Å². The summed E-state index contributed by atoms with van der Waals surface area (Å²) in [7, 11) is 1.55. The Morgan fingerprint density at radius 2 is 1.88 bits per heavy atom. The van der Waals surface area contributed by atoms with Gasteiger partial charge in [0.1, 0.15) is 16.8 Å². The molecule has 10 heteroatoms. The van der Waals surface area contributed by atoms with Crippen molar-refractivity contribution in [3.8, 4) is 17.1 Å². The Kier molecular flexibility index (Phi) is 6.12. The molecule has 1 amide bonds. The second kappa shape index (κ2) is 9.36. The minimum atomic E-state index is -0.616. The first-order valence-corrected chi connectivity index (χ1v) is 11.6. The highest BCUT2D eigenvalue weighted by Crippen LogP contribution is 2.40. The Bertz CT molecular complexity index is 1330. The van der Waals surface area contributed by atoms with E-state index in [1.54, 1.807) is 23.9 Å². The lowest BCUT2D eigenvalue weighted by Gasteiger charge is -2.33. The highest BCUT2D eigenvalue weighted by atomic mass is 35.5. The van der Waals surface area contributed by atoms with Gasteiger partial charge in [0.2, 0.25) is 11.1 Å². The van der Waals surface area contributed by atoms with E-state index in [4.69, 9.17) is 16.3 Å². The molecule has 0 unspecified atom stereocenters. The van der Waals surface area contributed by atoms with Crippen LogP contribution in [0.15, 0.2) is 78.0 Å². The van der Waals surface area contributed by atoms with Gasteiger partial charge in [-0.2, -0.15) is 0 Å². The molecule has 172 valence electrons. The molecule has 34 heavy (non-hydrogen) atoms. The van der Waals surface area contributed by atoms with Gasteiger partial charge in [-0.1, -0.05) is 59.8 Å². The summed E-state index contributed by atoms with van der Waals surface area (Å²) in [6, 6.07) is 20.2. The molecule has 1 aliphatic heterocycles. The lowest BCUT2D eigenvalue weighted by molar-refractivity contribution is -0.116. The average molecular weight is 496 g/mol. The van der Waals surface area contributed by atoms with Crippen molar-refractivity contribution in [1.29, 1.82) is 0 Å². The van der Waals surface area contributed by atoms with Gasteiger partial charge < -0.3 is 15.5 Å². The number of carbonyl (C=O) groups is 1. The number of rotatable bonds is 5. The largest absolute Gasteiger partial charge is 0.495 e. The predicted octanol–water partition coefficient (Wildman–Crippen LogP) is 5.14. The molecular weight excluding hydrogens is 477 g/mol. The number of carbonyl (C=O) groups excluding carboxylic acids is 1. The van der Waals surface area contributed by atoms with E-state index in [1.165, 1.54) is 36.0 Å². The molecule has 0 bridgehead atoms. The predicted molar refractivity (Wildman–Crippen MR) is 130 cm³/mol. The highest BCUT2D eigenvalue weighted by Gasteiger charge is 2.38. The van der Waals surface area contributed by atoms with Crippen molar-refractivity contribution >= 4 is 35.0 Å². The van der Waals surface area contributed by atoms with Crippen LogP contribution in [0.1, 0.15) is 11.6 Å². The smallest absolute Gasteiger partial charge is 0.240 e. The number of methoxy groups -OCH3 is 1. The number of amides is 1. The first kappa shape index (κ1) is 22.2. The summed E-state index contributed by atoms with van der Waals surface area (Å²) in [5.74, 6) is 0.525. The summed E-state index contributed by atoms with van der Waals surface area (Å²) < 4.78 is 20.4. The van der Waals surface area contributed by atoms with Gasteiger partial charge in [-0.25, -0.2) is 9.07 Å². The van der Waals surface area contributed by atoms with Crippen LogP contribution >= 0.6 is 23.4 Å². The Hall–Kier alpha value is -3.56. The Morgan fingerprint density at radius 3 is 2.59 bits per heavy atom. The molecule has 3 aromatic carbocycles. The van der Waals surface area contributed by atoms with E-state index in [1.807, 2.05) is 36.4 Å². The molecule has 2 N–H and O–H groups in total. The van der Waals surface area contributed by atoms with Crippen LogP contribution < -0.4 is 15.5 Å². The Labute approximate surface area is 204 Å². The molecule has 5 rings (SSSR count). The van der Waals surface area contributed by atoms with Crippen LogP contribution in [-0.4, -0.2) is 33.1 Å². The van der Waals surface area contributed by atoms with Crippen LogP contribution in [0.3, 0.4) is 0 Å². The molecule has 4 aromatic rings. The van der Waals surface area contributed by atoms with Gasteiger partial charge in [-0.15, -0.1) is 10.2 Å². The molecule has 7 nitrogen and oxygen atoms in total. The lowest BCUT2D eigenvalue weighted by Crippen LogP contribution is -2.41. The number of nitrogens with zero attached hydrogens (tertiary/aromatic N) is 3. The van der Waals surface area contributed by atoms with Crippen LogP contribution in [0.25, 0.3) is 11.4 Å². The SMILES string of the molecule is COc1ccc([C@@H]2Nn3c(nnc3-c3ccccc3)S[C@@H]2C(=O)Nc2ccc(F)cc2)cc1Cl. The molecule has 2 heterocycles. The monoisotopic (exact) mass is 495 g/mol. The summed E-state index contributed by atoms with van der Waals surface area (Å²) >= 11 is 7.69. The van der Waals surface area contributed by atoms with E-state index in [-0.39, 0.29) is 11.7 Å². The topological polar surface area (TPSA) is 81.1 Å². The standard InChI is InChI=1S/C24H19ClFN5O2S/c1-33-19-12-7-15(13-18(19)25)20-21(23(32)27-17-10-8-16(26)9-11-17)34-24-29-28-22(31(24)30-20)14-5-3-2-4-6-14/h2-13,20-21,30H,1H3,(H,27,32)/t20-,21-/m0/s1. The minimum absolute atomic E-state index is 0.267. The fourth-order valence-electron chi connectivity index (χ4n) is 3.70. The van der Waals surface area contributed by atoms with Gasteiger partial charge in [-0.05, 0) is 42.0 Å². The zero-order chi connectivity index (χ0) is 23.7. The Morgan fingerprint density at radius 1 is 1.12 bits per heavy atom. The molecule has 0 saturated carbocycles. The van der Waals surface area contributed by atoms with Crippen molar-refractivity contribution in [2.24, 2.45) is 0 Å². The van der Waals surface area contributed by atoms with Crippen molar-refractivity contribution < 1.29 is 13.9 Å². The number of hydrogen-bond acceptors (Lipinski definition) is 6. The fourth-order valence-corrected chi connectivity index (χ4v) is 5.05. The number of halogens is 2. The normalized spacial score (nSPS) is 16.9. The van der Waals surface area contributed by atoms with Crippen LogP contribution in [0.5, 0.6) is 5.75 Å². The molecule has 2 atom stereocenters. The maximum absolute atomic E-state index is 13.3. The van der Waals surface area contributed by atoms with Gasteiger partial charge in [0, 0.05) is 11.3 Å². The number of nitrogens with one attached hydrogen (secondary N) is 2. The number of ether oxygens (including phenoxy) is 1. The van der Waals surface area contributed by atoms with Crippen LogP contribution in [0, 0.1) is 5.82 Å².